The Balaban J connectivity index is 1.85. The first-order chi connectivity index (χ1) is 12.4. The van der Waals surface area contributed by atoms with Gasteiger partial charge in [0.2, 0.25) is 5.95 Å². The van der Waals surface area contributed by atoms with E-state index in [1.165, 1.54) is 12.1 Å². The van der Waals surface area contributed by atoms with Crippen LogP contribution in [0.3, 0.4) is 0 Å². The van der Waals surface area contributed by atoms with Gasteiger partial charge in [0.1, 0.15) is 23.0 Å². The van der Waals surface area contributed by atoms with Crippen molar-refractivity contribution in [2.75, 3.05) is 10.6 Å². The van der Waals surface area contributed by atoms with Crippen LogP contribution in [0.25, 0.3) is 0 Å². The molecule has 0 aliphatic heterocycles. The second kappa shape index (κ2) is 7.45. The molecule has 2 aromatic carbocycles. The van der Waals surface area contributed by atoms with Crippen LogP contribution >= 0.6 is 11.6 Å². The number of para-hydroxylation sites is 1. The molecule has 3 rings (SSSR count). The molecule has 1 aromatic heterocycles. The van der Waals surface area contributed by atoms with Crippen molar-refractivity contribution in [2.24, 2.45) is 0 Å². The van der Waals surface area contributed by atoms with Crippen LogP contribution in [-0.2, 0) is 0 Å². The number of benzene rings is 2. The van der Waals surface area contributed by atoms with Crippen LogP contribution in [0.2, 0.25) is 5.02 Å². The van der Waals surface area contributed by atoms with E-state index >= 15 is 0 Å². The Morgan fingerprint density at radius 3 is 2.35 bits per heavy atom. The molecule has 5 nitrogen and oxygen atoms in total. The number of nitrogens with one attached hydrogen (secondary N) is 2. The lowest BCUT2D eigenvalue weighted by Gasteiger charge is -2.10. The maximum atomic E-state index is 13.8. The van der Waals surface area contributed by atoms with Gasteiger partial charge in [0.25, 0.3) is 5.91 Å². The maximum Gasteiger partial charge on any atom is 0.274 e. The summed E-state index contributed by atoms with van der Waals surface area (Å²) in [6, 6.07) is 11.5. The largest absolute Gasteiger partial charge is 0.321 e. The molecule has 0 saturated heterocycles. The van der Waals surface area contributed by atoms with Gasteiger partial charge in [-0.05, 0) is 49.4 Å². The van der Waals surface area contributed by atoms with Crippen molar-refractivity contribution in [3.8, 4) is 0 Å². The predicted molar refractivity (Wildman–Crippen MR) is 95.8 cm³/mol. The highest BCUT2D eigenvalue weighted by Crippen LogP contribution is 2.22. The third-order valence-corrected chi connectivity index (χ3v) is 3.64. The number of nitrogens with zero attached hydrogens (tertiary/aromatic N) is 2. The zero-order valence-corrected chi connectivity index (χ0v) is 14.3. The van der Waals surface area contributed by atoms with Crippen LogP contribution in [0, 0.1) is 18.6 Å². The van der Waals surface area contributed by atoms with Gasteiger partial charge < -0.3 is 10.6 Å². The van der Waals surface area contributed by atoms with Crippen molar-refractivity contribution in [3.63, 3.8) is 0 Å². The molecular formula is C18H13ClF2N4O. The Hall–Kier alpha value is -3.06. The van der Waals surface area contributed by atoms with Gasteiger partial charge in [0, 0.05) is 16.4 Å². The Kier molecular flexibility index (Phi) is 5.09. The Bertz CT molecular complexity index is 944. The number of rotatable bonds is 4. The second-order valence-corrected chi connectivity index (χ2v) is 5.84. The van der Waals surface area contributed by atoms with Crippen LogP contribution in [0.5, 0.6) is 0 Å². The number of carbonyl (C=O) groups excluding carboxylic acids is 1. The number of hydrogen-bond donors (Lipinski definition) is 2. The van der Waals surface area contributed by atoms with E-state index in [4.69, 9.17) is 11.6 Å². The second-order valence-electron chi connectivity index (χ2n) is 5.40. The fraction of sp³-hybridized carbons (Fsp3) is 0.0556. The van der Waals surface area contributed by atoms with Crippen molar-refractivity contribution >= 4 is 34.8 Å². The maximum absolute atomic E-state index is 13.8. The Labute approximate surface area is 153 Å². The van der Waals surface area contributed by atoms with Gasteiger partial charge in [-0.3, -0.25) is 4.79 Å². The molecular weight excluding hydrogens is 362 g/mol. The molecule has 132 valence electrons. The summed E-state index contributed by atoms with van der Waals surface area (Å²) >= 11 is 5.81. The highest BCUT2D eigenvalue weighted by atomic mass is 35.5. The lowest BCUT2D eigenvalue weighted by atomic mass is 10.2. The lowest BCUT2D eigenvalue weighted by molar-refractivity contribution is 0.102. The summed E-state index contributed by atoms with van der Waals surface area (Å²) in [7, 11) is 0. The van der Waals surface area contributed by atoms with Gasteiger partial charge >= 0.3 is 0 Å². The third-order valence-electron chi connectivity index (χ3n) is 3.39. The van der Waals surface area contributed by atoms with E-state index in [-0.39, 0.29) is 17.3 Å². The highest BCUT2D eigenvalue weighted by Gasteiger charge is 2.14. The molecule has 2 N–H and O–H groups in total. The van der Waals surface area contributed by atoms with Crippen molar-refractivity contribution in [1.82, 2.24) is 9.97 Å². The molecule has 0 spiro atoms. The topological polar surface area (TPSA) is 66.9 Å². The van der Waals surface area contributed by atoms with Crippen molar-refractivity contribution in [1.29, 1.82) is 0 Å². The third kappa shape index (κ3) is 4.12. The van der Waals surface area contributed by atoms with Crippen molar-refractivity contribution in [2.45, 2.75) is 6.92 Å². The van der Waals surface area contributed by atoms with Crippen LogP contribution in [0.15, 0.2) is 48.5 Å². The van der Waals surface area contributed by atoms with E-state index in [0.29, 0.717) is 16.4 Å². The average molecular weight is 375 g/mol. The van der Waals surface area contributed by atoms with Gasteiger partial charge in [-0.25, -0.2) is 18.7 Å². The molecule has 26 heavy (non-hydrogen) atoms. The summed E-state index contributed by atoms with van der Waals surface area (Å²) in [5.74, 6) is -2.16. The molecule has 0 saturated carbocycles. The number of carbonyl (C=O) groups is 1. The fourth-order valence-electron chi connectivity index (χ4n) is 2.20. The fourth-order valence-corrected chi connectivity index (χ4v) is 2.32. The number of hydrogen-bond acceptors (Lipinski definition) is 4. The number of halogens is 3. The van der Waals surface area contributed by atoms with Gasteiger partial charge in [-0.2, -0.15) is 0 Å². The van der Waals surface area contributed by atoms with Gasteiger partial charge in [-0.15, -0.1) is 0 Å². The first kappa shape index (κ1) is 17.8. The van der Waals surface area contributed by atoms with Gasteiger partial charge in [0.15, 0.2) is 0 Å². The quantitative estimate of drug-likeness (QED) is 0.694. The zero-order chi connectivity index (χ0) is 18.7. The first-order valence-electron chi connectivity index (χ1n) is 7.56. The summed E-state index contributed by atoms with van der Waals surface area (Å²) < 4.78 is 27.5. The molecule has 0 atom stereocenters. The van der Waals surface area contributed by atoms with E-state index in [1.54, 1.807) is 31.2 Å². The van der Waals surface area contributed by atoms with Crippen LogP contribution in [-0.4, -0.2) is 15.9 Å². The molecule has 0 aliphatic carbocycles. The molecule has 8 heteroatoms. The standard InChI is InChI=1S/C18H13ClF2N4O/c1-10-9-15(17(26)23-12-7-5-11(19)6-8-12)24-18(22-10)25-16-13(20)3-2-4-14(16)21/h2-9H,1H3,(H,23,26)(H,22,24,25). The molecule has 0 unspecified atom stereocenters. The van der Waals surface area contributed by atoms with E-state index < -0.39 is 17.5 Å². The van der Waals surface area contributed by atoms with E-state index in [0.717, 1.165) is 12.1 Å². The monoisotopic (exact) mass is 374 g/mol. The Morgan fingerprint density at radius 2 is 1.69 bits per heavy atom. The molecule has 0 bridgehead atoms. The molecule has 0 radical (unpaired) electrons. The number of amides is 1. The molecule has 3 aromatic rings. The zero-order valence-electron chi connectivity index (χ0n) is 13.6. The van der Waals surface area contributed by atoms with Crippen molar-refractivity contribution in [3.05, 3.63) is 76.6 Å². The average Bonchev–Trinajstić information content (AvgIpc) is 2.60. The van der Waals surface area contributed by atoms with E-state index in [2.05, 4.69) is 20.6 Å². The summed E-state index contributed by atoms with van der Waals surface area (Å²) in [5.41, 5.74) is 0.652. The van der Waals surface area contributed by atoms with E-state index in [1.807, 2.05) is 0 Å². The summed E-state index contributed by atoms with van der Waals surface area (Å²) in [4.78, 5) is 20.5. The summed E-state index contributed by atoms with van der Waals surface area (Å²) in [6.45, 7) is 1.64. The summed E-state index contributed by atoms with van der Waals surface area (Å²) in [5, 5.41) is 5.68. The van der Waals surface area contributed by atoms with Gasteiger partial charge in [0.05, 0.1) is 0 Å². The minimum atomic E-state index is -0.790. The van der Waals surface area contributed by atoms with Crippen molar-refractivity contribution < 1.29 is 13.6 Å². The molecule has 1 heterocycles. The minimum absolute atomic E-state index is 0.0479. The molecule has 0 aliphatic rings. The van der Waals surface area contributed by atoms with E-state index in [9.17, 15) is 13.6 Å². The number of aromatic nitrogens is 2. The Morgan fingerprint density at radius 1 is 1.04 bits per heavy atom. The SMILES string of the molecule is Cc1cc(C(=O)Nc2ccc(Cl)cc2)nc(Nc2c(F)cccc2F)n1. The predicted octanol–water partition coefficient (Wildman–Crippen LogP) is 4.71. The molecule has 0 fully saturated rings. The molecule has 1 amide bonds. The first-order valence-corrected chi connectivity index (χ1v) is 7.94. The van der Waals surface area contributed by atoms with Crippen LogP contribution < -0.4 is 10.6 Å². The lowest BCUT2D eigenvalue weighted by Crippen LogP contribution is -2.15. The summed E-state index contributed by atoms with van der Waals surface area (Å²) in [6.07, 6.45) is 0. The normalized spacial score (nSPS) is 10.5. The highest BCUT2D eigenvalue weighted by molar-refractivity contribution is 6.30. The minimum Gasteiger partial charge on any atom is -0.321 e. The van der Waals surface area contributed by atoms with Crippen LogP contribution in [0.1, 0.15) is 16.2 Å². The van der Waals surface area contributed by atoms with Crippen LogP contribution in [0.4, 0.5) is 26.1 Å². The number of anilines is 3. The van der Waals surface area contributed by atoms with Gasteiger partial charge in [-0.1, -0.05) is 17.7 Å². The smallest absolute Gasteiger partial charge is 0.274 e. The number of aryl methyl sites for hydroxylation is 1.